The molecule has 0 saturated heterocycles. The van der Waals surface area contributed by atoms with Crippen LogP contribution in [-0.4, -0.2) is 29.4 Å². The molecule has 140 valence electrons. The average molecular weight is 370 g/mol. The first-order valence-electron chi connectivity index (χ1n) is 10.2. The number of halogens is 1. The molecule has 3 unspecified atom stereocenters. The Morgan fingerprint density at radius 2 is 1.62 bits per heavy atom. The van der Waals surface area contributed by atoms with Gasteiger partial charge in [0.15, 0.2) is 0 Å². The van der Waals surface area contributed by atoms with E-state index in [0.29, 0.717) is 17.3 Å². The molecule has 1 aliphatic carbocycles. The van der Waals surface area contributed by atoms with Crippen molar-refractivity contribution in [3.8, 4) is 0 Å². The molecule has 1 saturated carbocycles. The third-order valence-corrected chi connectivity index (χ3v) is 6.29. The quantitative estimate of drug-likeness (QED) is 0.460. The van der Waals surface area contributed by atoms with Gasteiger partial charge in [-0.05, 0) is 55.3 Å². The largest absolute Gasteiger partial charge is 0.300 e. The van der Waals surface area contributed by atoms with Crippen LogP contribution in [0.1, 0.15) is 55.7 Å². The summed E-state index contributed by atoms with van der Waals surface area (Å²) >= 11 is 6.17. The summed E-state index contributed by atoms with van der Waals surface area (Å²) < 4.78 is 0. The minimum atomic E-state index is 0.369. The summed E-state index contributed by atoms with van der Waals surface area (Å²) in [4.78, 5) is 2.66. The van der Waals surface area contributed by atoms with Crippen molar-refractivity contribution in [3.05, 3.63) is 71.3 Å². The van der Waals surface area contributed by atoms with Crippen molar-refractivity contribution in [2.45, 2.75) is 63.3 Å². The second-order valence-corrected chi connectivity index (χ2v) is 8.13. The van der Waals surface area contributed by atoms with Gasteiger partial charge in [-0.25, -0.2) is 0 Å². The van der Waals surface area contributed by atoms with Crippen molar-refractivity contribution < 1.29 is 0 Å². The molecule has 0 amide bonds. The van der Waals surface area contributed by atoms with E-state index in [9.17, 15) is 0 Å². The molecular weight excluding hydrogens is 338 g/mol. The lowest BCUT2D eigenvalue weighted by molar-refractivity contribution is 0.193. The Bertz CT molecular complexity index is 652. The Kier molecular flexibility index (Phi) is 7.16. The van der Waals surface area contributed by atoms with Crippen LogP contribution in [0, 0.1) is 0 Å². The van der Waals surface area contributed by atoms with Gasteiger partial charge in [-0.2, -0.15) is 0 Å². The van der Waals surface area contributed by atoms with Gasteiger partial charge in [0, 0.05) is 23.9 Å². The van der Waals surface area contributed by atoms with E-state index in [-0.39, 0.29) is 0 Å². The molecule has 0 heterocycles. The van der Waals surface area contributed by atoms with Gasteiger partial charge in [0.25, 0.3) is 0 Å². The van der Waals surface area contributed by atoms with E-state index in [1.54, 1.807) is 0 Å². The van der Waals surface area contributed by atoms with Gasteiger partial charge in [0.05, 0.1) is 0 Å². The molecule has 0 bridgehead atoms. The zero-order valence-electron chi connectivity index (χ0n) is 16.2. The van der Waals surface area contributed by atoms with Gasteiger partial charge >= 0.3 is 0 Å². The van der Waals surface area contributed by atoms with Crippen LogP contribution in [0.15, 0.2) is 54.6 Å². The highest BCUT2D eigenvalue weighted by atomic mass is 35.5. The van der Waals surface area contributed by atoms with E-state index in [1.807, 2.05) is 0 Å². The second kappa shape index (κ2) is 9.58. The van der Waals surface area contributed by atoms with Gasteiger partial charge in [0.1, 0.15) is 0 Å². The van der Waals surface area contributed by atoms with Crippen LogP contribution in [0.2, 0.25) is 0 Å². The molecule has 0 aromatic heterocycles. The van der Waals surface area contributed by atoms with Crippen LogP contribution in [0.3, 0.4) is 0 Å². The third-order valence-electron chi connectivity index (χ3n) is 5.81. The van der Waals surface area contributed by atoms with E-state index in [2.05, 4.69) is 73.3 Å². The van der Waals surface area contributed by atoms with Gasteiger partial charge < -0.3 is 4.90 Å². The van der Waals surface area contributed by atoms with Crippen LogP contribution >= 0.6 is 11.6 Å². The smallest absolute Gasteiger partial charge is 0.0411 e. The number of hydrogen-bond donors (Lipinski definition) is 0. The maximum Gasteiger partial charge on any atom is 0.0411 e. The zero-order valence-corrected chi connectivity index (χ0v) is 17.0. The lowest BCUT2D eigenvalue weighted by Crippen LogP contribution is -2.36. The van der Waals surface area contributed by atoms with E-state index in [0.717, 1.165) is 32.4 Å². The van der Waals surface area contributed by atoms with Crippen LogP contribution in [0.5, 0.6) is 0 Å². The predicted molar refractivity (Wildman–Crippen MR) is 113 cm³/mol. The van der Waals surface area contributed by atoms with Crippen molar-refractivity contribution in [1.82, 2.24) is 4.90 Å². The van der Waals surface area contributed by atoms with Gasteiger partial charge in [-0.1, -0.05) is 68.4 Å². The molecule has 0 N–H and O–H groups in total. The van der Waals surface area contributed by atoms with Gasteiger partial charge in [0.2, 0.25) is 0 Å². The Balaban J connectivity index is 1.50. The highest BCUT2D eigenvalue weighted by molar-refractivity contribution is 6.23. The first-order chi connectivity index (χ1) is 12.7. The maximum absolute atomic E-state index is 6.17. The fraction of sp³-hybridized carbons (Fsp3) is 0.500. The average Bonchev–Trinajstić information content (AvgIpc) is 3.42. The minimum absolute atomic E-state index is 0.369. The lowest BCUT2D eigenvalue weighted by atomic mass is 10.00. The summed E-state index contributed by atoms with van der Waals surface area (Å²) in [6.45, 7) is 6.90. The molecule has 0 spiro atoms. The Morgan fingerprint density at radius 3 is 2.19 bits per heavy atom. The first kappa shape index (κ1) is 19.5. The number of aryl methyl sites for hydroxylation is 1. The molecular formula is C24H32ClN. The van der Waals surface area contributed by atoms with Crippen molar-refractivity contribution in [1.29, 1.82) is 0 Å². The Morgan fingerprint density at radius 1 is 0.962 bits per heavy atom. The summed E-state index contributed by atoms with van der Waals surface area (Å²) in [5.74, 6) is 0.600. The topological polar surface area (TPSA) is 3.24 Å². The van der Waals surface area contributed by atoms with Gasteiger partial charge in [-0.3, -0.25) is 0 Å². The fourth-order valence-electron chi connectivity index (χ4n) is 3.93. The summed E-state index contributed by atoms with van der Waals surface area (Å²) in [6, 6.07) is 20.7. The van der Waals surface area contributed by atoms with Crippen molar-refractivity contribution in [3.63, 3.8) is 0 Å². The number of nitrogens with zero attached hydrogens (tertiary/aromatic N) is 1. The SMILES string of the molecule is CCC(CCc1ccc(C2CC2Cl)cc1)N(CC)CCc1ccccc1. The molecule has 0 radical (unpaired) electrons. The lowest BCUT2D eigenvalue weighted by Gasteiger charge is -2.30. The molecule has 2 aromatic rings. The number of alkyl halides is 1. The van der Waals surface area contributed by atoms with Crippen LogP contribution < -0.4 is 0 Å². The van der Waals surface area contributed by atoms with E-state index < -0.39 is 0 Å². The van der Waals surface area contributed by atoms with E-state index >= 15 is 0 Å². The number of rotatable bonds is 10. The maximum atomic E-state index is 6.17. The standard InChI is InChI=1S/C24H32ClN/c1-3-22(26(4-2)17-16-19-8-6-5-7-9-19)15-12-20-10-13-21(14-11-20)23-18-24(23)25/h5-11,13-14,22-24H,3-4,12,15-18H2,1-2H3. The van der Waals surface area contributed by atoms with Crippen LogP contribution in [-0.2, 0) is 12.8 Å². The highest BCUT2D eigenvalue weighted by Gasteiger charge is 2.36. The monoisotopic (exact) mass is 369 g/mol. The molecule has 1 aliphatic rings. The number of likely N-dealkylation sites (N-methyl/N-ethyl adjacent to an activating group) is 1. The third kappa shape index (κ3) is 5.34. The Labute approximate surface area is 164 Å². The van der Waals surface area contributed by atoms with Crippen LogP contribution in [0.4, 0.5) is 0 Å². The minimum Gasteiger partial charge on any atom is -0.300 e. The molecule has 2 aromatic carbocycles. The van der Waals surface area contributed by atoms with Crippen molar-refractivity contribution >= 4 is 11.6 Å². The molecule has 1 fully saturated rings. The Hall–Kier alpha value is -1.31. The van der Waals surface area contributed by atoms with Crippen molar-refractivity contribution in [2.24, 2.45) is 0 Å². The molecule has 26 heavy (non-hydrogen) atoms. The summed E-state index contributed by atoms with van der Waals surface area (Å²) in [7, 11) is 0. The normalized spacial score (nSPS) is 20.3. The summed E-state index contributed by atoms with van der Waals surface area (Å²) in [6.07, 6.45) is 5.90. The molecule has 3 atom stereocenters. The van der Waals surface area contributed by atoms with Crippen molar-refractivity contribution in [2.75, 3.05) is 13.1 Å². The van der Waals surface area contributed by atoms with Gasteiger partial charge in [-0.15, -0.1) is 11.6 Å². The van der Waals surface area contributed by atoms with Crippen LogP contribution in [0.25, 0.3) is 0 Å². The molecule has 2 heteroatoms. The summed E-state index contributed by atoms with van der Waals surface area (Å²) in [5, 5.41) is 0.369. The molecule has 0 aliphatic heterocycles. The predicted octanol–water partition coefficient (Wildman–Crippen LogP) is 6.06. The first-order valence-corrected chi connectivity index (χ1v) is 10.7. The molecule has 1 nitrogen and oxygen atoms in total. The zero-order chi connectivity index (χ0) is 18.4. The summed E-state index contributed by atoms with van der Waals surface area (Å²) in [5.41, 5.74) is 4.31. The second-order valence-electron chi connectivity index (χ2n) is 7.56. The fourth-order valence-corrected chi connectivity index (χ4v) is 4.27. The number of hydrogen-bond acceptors (Lipinski definition) is 1. The highest BCUT2D eigenvalue weighted by Crippen LogP contribution is 2.45. The van der Waals surface area contributed by atoms with E-state index in [1.165, 1.54) is 29.5 Å². The molecule has 3 rings (SSSR count). The van der Waals surface area contributed by atoms with E-state index in [4.69, 9.17) is 11.6 Å². The number of benzene rings is 2.